The second-order valence-corrected chi connectivity index (χ2v) is 9.38. The minimum absolute atomic E-state index is 0.0513. The van der Waals surface area contributed by atoms with Crippen LogP contribution in [0.2, 0.25) is 5.02 Å². The Hall–Kier alpha value is -1.25. The van der Waals surface area contributed by atoms with Crippen LogP contribution in [0.5, 0.6) is 5.75 Å². The average Bonchev–Trinajstić information content (AvgIpc) is 3.06. The summed E-state index contributed by atoms with van der Waals surface area (Å²) in [5.41, 5.74) is 0. The van der Waals surface area contributed by atoms with Gasteiger partial charge in [-0.25, -0.2) is 8.42 Å². The van der Waals surface area contributed by atoms with Gasteiger partial charge in [0.05, 0.1) is 18.1 Å². The molecule has 1 aliphatic rings. The first-order chi connectivity index (χ1) is 11.4. The molecular formula is C15H18ClN3O3S2. The lowest BCUT2D eigenvalue weighted by Gasteiger charge is -2.08. The summed E-state index contributed by atoms with van der Waals surface area (Å²) in [4.78, 5) is 0. The number of rotatable bonds is 6. The van der Waals surface area contributed by atoms with Crippen LogP contribution in [0.25, 0.3) is 0 Å². The van der Waals surface area contributed by atoms with E-state index in [4.69, 9.17) is 16.3 Å². The minimum atomic E-state index is -2.92. The Labute approximate surface area is 150 Å². The van der Waals surface area contributed by atoms with Crippen LogP contribution in [0.4, 0.5) is 0 Å². The standard InChI is InChI=1S/C15H18ClN3O3S2/c1-19-14(11-5-8-24(20,21)10-11)17-18-15(19)23-7-6-22-13-4-2-3-12(16)9-13/h2-4,9,11H,5-8,10H2,1H3/t11-/m1/s1. The van der Waals surface area contributed by atoms with E-state index in [9.17, 15) is 8.42 Å². The van der Waals surface area contributed by atoms with Crippen molar-refractivity contribution >= 4 is 33.2 Å². The molecule has 0 radical (unpaired) electrons. The largest absolute Gasteiger partial charge is 0.493 e. The van der Waals surface area contributed by atoms with Crippen molar-refractivity contribution in [2.45, 2.75) is 17.5 Å². The molecule has 1 aromatic carbocycles. The summed E-state index contributed by atoms with van der Waals surface area (Å²) < 4.78 is 30.8. The quantitative estimate of drug-likeness (QED) is 0.560. The Morgan fingerprint density at radius 2 is 2.25 bits per heavy atom. The topological polar surface area (TPSA) is 74.1 Å². The molecule has 6 nitrogen and oxygen atoms in total. The van der Waals surface area contributed by atoms with Gasteiger partial charge in [-0.15, -0.1) is 10.2 Å². The lowest BCUT2D eigenvalue weighted by molar-refractivity contribution is 0.344. The summed E-state index contributed by atoms with van der Waals surface area (Å²) in [5, 5.41) is 9.76. The number of ether oxygens (including phenoxy) is 1. The summed E-state index contributed by atoms with van der Waals surface area (Å²) in [5.74, 6) is 2.54. The van der Waals surface area contributed by atoms with Gasteiger partial charge in [-0.05, 0) is 24.6 Å². The van der Waals surface area contributed by atoms with Crippen LogP contribution in [0.3, 0.4) is 0 Å². The van der Waals surface area contributed by atoms with Crippen LogP contribution in [0.1, 0.15) is 18.2 Å². The molecule has 130 valence electrons. The van der Waals surface area contributed by atoms with Crippen LogP contribution in [-0.4, -0.2) is 47.0 Å². The summed E-state index contributed by atoms with van der Waals surface area (Å²) >= 11 is 7.44. The maximum Gasteiger partial charge on any atom is 0.191 e. The van der Waals surface area contributed by atoms with Crippen molar-refractivity contribution in [3.8, 4) is 5.75 Å². The van der Waals surface area contributed by atoms with Crippen molar-refractivity contribution < 1.29 is 13.2 Å². The Morgan fingerprint density at radius 3 is 2.96 bits per heavy atom. The van der Waals surface area contributed by atoms with Gasteiger partial charge in [0.1, 0.15) is 11.6 Å². The number of benzene rings is 1. The van der Waals surface area contributed by atoms with Crippen LogP contribution in [-0.2, 0) is 16.9 Å². The van der Waals surface area contributed by atoms with Crippen LogP contribution >= 0.6 is 23.4 Å². The van der Waals surface area contributed by atoms with Gasteiger partial charge in [-0.1, -0.05) is 29.4 Å². The van der Waals surface area contributed by atoms with Crippen molar-refractivity contribution in [1.82, 2.24) is 14.8 Å². The lowest BCUT2D eigenvalue weighted by atomic mass is 10.1. The van der Waals surface area contributed by atoms with E-state index in [0.717, 1.165) is 16.7 Å². The molecule has 1 aromatic heterocycles. The molecule has 2 heterocycles. The zero-order chi connectivity index (χ0) is 17.2. The van der Waals surface area contributed by atoms with Gasteiger partial charge in [0, 0.05) is 23.7 Å². The minimum Gasteiger partial charge on any atom is -0.493 e. The molecule has 3 rings (SSSR count). The zero-order valence-corrected chi connectivity index (χ0v) is 15.6. The van der Waals surface area contributed by atoms with Crippen molar-refractivity contribution in [3.63, 3.8) is 0 Å². The molecule has 24 heavy (non-hydrogen) atoms. The molecule has 0 unspecified atom stereocenters. The van der Waals surface area contributed by atoms with Crippen LogP contribution in [0, 0.1) is 0 Å². The number of sulfone groups is 1. The van der Waals surface area contributed by atoms with Crippen molar-refractivity contribution in [1.29, 1.82) is 0 Å². The summed E-state index contributed by atoms with van der Waals surface area (Å²) in [7, 11) is -1.05. The van der Waals surface area contributed by atoms with Gasteiger partial charge >= 0.3 is 0 Å². The Morgan fingerprint density at radius 1 is 1.42 bits per heavy atom. The predicted molar refractivity (Wildman–Crippen MR) is 94.7 cm³/mol. The first-order valence-electron chi connectivity index (χ1n) is 7.55. The monoisotopic (exact) mass is 387 g/mol. The highest BCUT2D eigenvalue weighted by Crippen LogP contribution is 2.29. The molecule has 0 spiro atoms. The van der Waals surface area contributed by atoms with E-state index < -0.39 is 9.84 Å². The number of nitrogens with zero attached hydrogens (tertiary/aromatic N) is 3. The fourth-order valence-corrected chi connectivity index (χ4v) is 5.31. The molecule has 1 aliphatic heterocycles. The smallest absolute Gasteiger partial charge is 0.191 e. The van der Waals surface area contributed by atoms with Gasteiger partial charge in [-0.2, -0.15) is 0 Å². The predicted octanol–water partition coefficient (Wildman–Crippen LogP) is 2.54. The lowest BCUT2D eigenvalue weighted by Crippen LogP contribution is -2.09. The number of halogens is 1. The van der Waals surface area contributed by atoms with Crippen LogP contribution < -0.4 is 4.74 Å². The van der Waals surface area contributed by atoms with E-state index in [1.165, 1.54) is 11.8 Å². The molecule has 1 saturated heterocycles. The van der Waals surface area contributed by atoms with E-state index in [1.807, 2.05) is 23.7 Å². The maximum atomic E-state index is 11.6. The molecule has 0 N–H and O–H groups in total. The van der Waals surface area contributed by atoms with Gasteiger partial charge < -0.3 is 9.30 Å². The highest BCUT2D eigenvalue weighted by Gasteiger charge is 2.32. The van der Waals surface area contributed by atoms with Crippen molar-refractivity contribution in [2.75, 3.05) is 23.9 Å². The van der Waals surface area contributed by atoms with E-state index in [2.05, 4.69) is 10.2 Å². The van der Waals surface area contributed by atoms with Crippen molar-refractivity contribution in [3.05, 3.63) is 35.1 Å². The third-order valence-corrected chi connectivity index (χ3v) is 6.83. The second-order valence-electron chi connectivity index (χ2n) is 5.65. The van der Waals surface area contributed by atoms with Gasteiger partial charge in [0.2, 0.25) is 0 Å². The van der Waals surface area contributed by atoms with E-state index >= 15 is 0 Å². The van der Waals surface area contributed by atoms with E-state index in [-0.39, 0.29) is 17.4 Å². The first-order valence-corrected chi connectivity index (χ1v) is 10.7. The highest BCUT2D eigenvalue weighted by atomic mass is 35.5. The molecule has 0 saturated carbocycles. The van der Waals surface area contributed by atoms with Crippen molar-refractivity contribution in [2.24, 2.45) is 7.05 Å². The van der Waals surface area contributed by atoms with Crippen LogP contribution in [0.15, 0.2) is 29.4 Å². The summed E-state index contributed by atoms with van der Waals surface area (Å²) in [6.07, 6.45) is 0.622. The SMILES string of the molecule is Cn1c(SCCOc2cccc(Cl)c2)nnc1[C@@H]1CCS(=O)(=O)C1. The normalized spacial score (nSPS) is 19.5. The second kappa shape index (κ2) is 7.33. The average molecular weight is 388 g/mol. The van der Waals surface area contributed by atoms with Gasteiger partial charge in [0.25, 0.3) is 0 Å². The maximum absolute atomic E-state index is 11.6. The molecule has 2 aromatic rings. The number of hydrogen-bond donors (Lipinski definition) is 0. The molecule has 0 aliphatic carbocycles. The number of hydrogen-bond acceptors (Lipinski definition) is 6. The third-order valence-electron chi connectivity index (χ3n) is 3.85. The fourth-order valence-electron chi connectivity index (χ4n) is 2.66. The van der Waals surface area contributed by atoms with Gasteiger partial charge in [-0.3, -0.25) is 0 Å². The molecule has 0 amide bonds. The number of aromatic nitrogens is 3. The Bertz CT molecular complexity index is 823. The van der Waals surface area contributed by atoms with E-state index in [1.54, 1.807) is 12.1 Å². The summed E-state index contributed by atoms with van der Waals surface area (Å²) in [6.45, 7) is 0.519. The molecule has 0 bridgehead atoms. The van der Waals surface area contributed by atoms with E-state index in [0.29, 0.717) is 23.8 Å². The number of thioether (sulfide) groups is 1. The third kappa shape index (κ3) is 4.23. The molecule has 1 atom stereocenters. The van der Waals surface area contributed by atoms with Gasteiger partial charge in [0.15, 0.2) is 15.0 Å². The first kappa shape index (κ1) is 17.6. The Balaban J connectivity index is 1.53. The Kier molecular flexibility index (Phi) is 5.36. The summed E-state index contributed by atoms with van der Waals surface area (Å²) in [6, 6.07) is 7.27. The zero-order valence-electron chi connectivity index (χ0n) is 13.2. The molecular weight excluding hydrogens is 370 g/mol. The highest BCUT2D eigenvalue weighted by molar-refractivity contribution is 7.99. The fraction of sp³-hybridized carbons (Fsp3) is 0.467. The molecule has 1 fully saturated rings. The molecule has 9 heteroatoms.